The molecule has 1 aromatic heterocycles. The fourth-order valence-corrected chi connectivity index (χ4v) is 2.06. The zero-order valence-electron chi connectivity index (χ0n) is 8.92. The normalized spacial score (nSPS) is 11.9. The van der Waals surface area contributed by atoms with Gasteiger partial charge < -0.3 is 5.32 Å². The molecule has 0 fully saturated rings. The lowest BCUT2D eigenvalue weighted by Gasteiger charge is -2.10. The Morgan fingerprint density at radius 3 is 2.93 bits per heavy atom. The van der Waals surface area contributed by atoms with Crippen molar-refractivity contribution in [3.05, 3.63) is 16.1 Å². The number of aryl methyl sites for hydroxylation is 1. The molecule has 1 rings (SSSR count). The highest BCUT2D eigenvalue weighted by Gasteiger charge is 2.07. The molecule has 0 saturated carbocycles. The van der Waals surface area contributed by atoms with Crippen molar-refractivity contribution in [3.8, 4) is 11.8 Å². The van der Waals surface area contributed by atoms with Crippen LogP contribution in [0.25, 0.3) is 0 Å². The molecule has 2 nitrogen and oxygen atoms in total. The van der Waals surface area contributed by atoms with Crippen molar-refractivity contribution < 1.29 is 0 Å². The lowest BCUT2D eigenvalue weighted by Crippen LogP contribution is -2.26. The van der Waals surface area contributed by atoms with Gasteiger partial charge >= 0.3 is 0 Å². The van der Waals surface area contributed by atoms with E-state index in [-0.39, 0.29) is 0 Å². The zero-order valence-corrected chi connectivity index (χ0v) is 9.74. The number of hydrogen-bond donors (Lipinski definition) is 1. The molecule has 0 aliphatic carbocycles. The highest BCUT2D eigenvalue weighted by atomic mass is 32.1. The number of nitrogens with one attached hydrogen (secondary N) is 1. The van der Waals surface area contributed by atoms with E-state index in [0.29, 0.717) is 6.04 Å². The standard InChI is InChI=1S/C11H16N2S/c1-4-5-6-10(12-3)7-11-13-9(2)8-14-11/h8,10,12H,6-7H2,1-3H3. The number of hydrogen-bond acceptors (Lipinski definition) is 3. The minimum atomic E-state index is 0.424. The van der Waals surface area contributed by atoms with Crippen molar-refractivity contribution in [2.75, 3.05) is 7.05 Å². The van der Waals surface area contributed by atoms with E-state index in [9.17, 15) is 0 Å². The molecular weight excluding hydrogens is 192 g/mol. The summed E-state index contributed by atoms with van der Waals surface area (Å²) < 4.78 is 0. The maximum atomic E-state index is 4.44. The first-order valence-electron chi connectivity index (χ1n) is 4.74. The summed E-state index contributed by atoms with van der Waals surface area (Å²) in [5, 5.41) is 6.54. The van der Waals surface area contributed by atoms with Gasteiger partial charge in [-0.3, -0.25) is 0 Å². The SMILES string of the molecule is CC#CCC(Cc1nc(C)cs1)NC. The number of nitrogens with zero attached hydrogens (tertiary/aromatic N) is 1. The Labute approximate surface area is 89.8 Å². The summed E-state index contributed by atoms with van der Waals surface area (Å²) in [6.45, 7) is 3.90. The first-order valence-corrected chi connectivity index (χ1v) is 5.62. The van der Waals surface area contributed by atoms with Crippen LogP contribution in [0.4, 0.5) is 0 Å². The predicted molar refractivity (Wildman–Crippen MR) is 61.5 cm³/mol. The zero-order chi connectivity index (χ0) is 10.4. The third-order valence-corrected chi connectivity index (χ3v) is 3.01. The second-order valence-corrected chi connectivity index (χ2v) is 4.15. The van der Waals surface area contributed by atoms with Crippen molar-refractivity contribution in [1.82, 2.24) is 10.3 Å². The molecule has 0 bridgehead atoms. The number of rotatable bonds is 4. The van der Waals surface area contributed by atoms with Crippen LogP contribution in [-0.4, -0.2) is 18.1 Å². The van der Waals surface area contributed by atoms with Crippen LogP contribution in [0.2, 0.25) is 0 Å². The summed E-state index contributed by atoms with van der Waals surface area (Å²) in [6, 6.07) is 0.424. The maximum Gasteiger partial charge on any atom is 0.0943 e. The molecule has 1 aromatic rings. The first kappa shape index (κ1) is 11.2. The van der Waals surface area contributed by atoms with E-state index < -0.39 is 0 Å². The summed E-state index contributed by atoms with van der Waals surface area (Å²) >= 11 is 1.73. The summed E-state index contributed by atoms with van der Waals surface area (Å²) in [5.74, 6) is 6.01. The van der Waals surface area contributed by atoms with E-state index >= 15 is 0 Å². The van der Waals surface area contributed by atoms with Gasteiger partial charge in [-0.1, -0.05) is 0 Å². The monoisotopic (exact) mass is 208 g/mol. The van der Waals surface area contributed by atoms with Crippen molar-refractivity contribution in [3.63, 3.8) is 0 Å². The highest BCUT2D eigenvalue weighted by Crippen LogP contribution is 2.11. The molecule has 3 heteroatoms. The van der Waals surface area contributed by atoms with Crippen LogP contribution in [0.1, 0.15) is 24.0 Å². The molecule has 0 radical (unpaired) electrons. The average Bonchev–Trinajstić information content (AvgIpc) is 2.58. The van der Waals surface area contributed by atoms with Gasteiger partial charge in [-0.25, -0.2) is 4.98 Å². The van der Waals surface area contributed by atoms with Gasteiger partial charge in [0.05, 0.1) is 5.01 Å². The second-order valence-electron chi connectivity index (χ2n) is 3.20. The molecule has 1 heterocycles. The summed E-state index contributed by atoms with van der Waals surface area (Å²) in [7, 11) is 1.97. The molecular formula is C11H16N2S. The molecule has 0 aliphatic heterocycles. The van der Waals surface area contributed by atoms with E-state index in [2.05, 4.69) is 27.5 Å². The summed E-state index contributed by atoms with van der Waals surface area (Å²) in [6.07, 6.45) is 1.87. The van der Waals surface area contributed by atoms with Crippen LogP contribution in [0, 0.1) is 18.8 Å². The minimum absolute atomic E-state index is 0.424. The number of aromatic nitrogens is 1. The molecule has 1 N–H and O–H groups in total. The van der Waals surface area contributed by atoms with Gasteiger partial charge in [0.25, 0.3) is 0 Å². The average molecular weight is 208 g/mol. The fourth-order valence-electron chi connectivity index (χ4n) is 1.21. The van der Waals surface area contributed by atoms with Gasteiger partial charge in [0.1, 0.15) is 0 Å². The quantitative estimate of drug-likeness (QED) is 0.766. The second kappa shape index (κ2) is 5.79. The predicted octanol–water partition coefficient (Wildman–Crippen LogP) is 2.00. The fraction of sp³-hybridized carbons (Fsp3) is 0.545. The van der Waals surface area contributed by atoms with Gasteiger partial charge in [-0.05, 0) is 20.9 Å². The van der Waals surface area contributed by atoms with E-state index in [0.717, 1.165) is 18.5 Å². The molecule has 14 heavy (non-hydrogen) atoms. The Hall–Kier alpha value is -0.850. The van der Waals surface area contributed by atoms with Crippen LogP contribution in [0.15, 0.2) is 5.38 Å². The van der Waals surface area contributed by atoms with E-state index in [1.807, 2.05) is 20.9 Å². The van der Waals surface area contributed by atoms with Crippen LogP contribution < -0.4 is 5.32 Å². The molecule has 76 valence electrons. The Bertz CT molecular complexity index is 333. The topological polar surface area (TPSA) is 24.9 Å². The van der Waals surface area contributed by atoms with Gasteiger partial charge in [-0.2, -0.15) is 0 Å². The van der Waals surface area contributed by atoms with Gasteiger partial charge in [0.15, 0.2) is 0 Å². The molecule has 0 aliphatic rings. The van der Waals surface area contributed by atoms with E-state index in [1.165, 1.54) is 5.01 Å². The number of thiazole rings is 1. The Morgan fingerprint density at radius 2 is 2.43 bits per heavy atom. The Balaban J connectivity index is 2.50. The lowest BCUT2D eigenvalue weighted by atomic mass is 10.1. The Kier molecular flexibility index (Phi) is 4.64. The van der Waals surface area contributed by atoms with Crippen molar-refractivity contribution >= 4 is 11.3 Å². The Morgan fingerprint density at radius 1 is 1.64 bits per heavy atom. The lowest BCUT2D eigenvalue weighted by molar-refractivity contribution is 0.571. The van der Waals surface area contributed by atoms with E-state index in [1.54, 1.807) is 11.3 Å². The van der Waals surface area contributed by atoms with Gasteiger partial charge in [-0.15, -0.1) is 23.2 Å². The van der Waals surface area contributed by atoms with Crippen LogP contribution >= 0.6 is 11.3 Å². The number of likely N-dealkylation sites (N-methyl/N-ethyl adjacent to an activating group) is 1. The van der Waals surface area contributed by atoms with Gasteiger partial charge in [0.2, 0.25) is 0 Å². The van der Waals surface area contributed by atoms with Crippen molar-refractivity contribution in [2.45, 2.75) is 32.7 Å². The third-order valence-electron chi connectivity index (χ3n) is 2.02. The molecule has 0 aromatic carbocycles. The van der Waals surface area contributed by atoms with Crippen LogP contribution in [0.3, 0.4) is 0 Å². The maximum absolute atomic E-state index is 4.44. The molecule has 0 saturated heterocycles. The molecule has 1 atom stereocenters. The largest absolute Gasteiger partial charge is 0.316 e. The van der Waals surface area contributed by atoms with Crippen LogP contribution in [-0.2, 0) is 6.42 Å². The molecule has 1 unspecified atom stereocenters. The van der Waals surface area contributed by atoms with Crippen molar-refractivity contribution in [1.29, 1.82) is 0 Å². The summed E-state index contributed by atoms with van der Waals surface area (Å²) in [4.78, 5) is 4.44. The highest BCUT2D eigenvalue weighted by molar-refractivity contribution is 7.09. The minimum Gasteiger partial charge on any atom is -0.316 e. The molecule has 0 amide bonds. The van der Waals surface area contributed by atoms with Crippen LogP contribution in [0.5, 0.6) is 0 Å². The smallest absolute Gasteiger partial charge is 0.0943 e. The van der Waals surface area contributed by atoms with E-state index in [4.69, 9.17) is 0 Å². The third kappa shape index (κ3) is 3.49. The van der Waals surface area contributed by atoms with Crippen molar-refractivity contribution in [2.24, 2.45) is 0 Å². The summed E-state index contributed by atoms with van der Waals surface area (Å²) in [5.41, 5.74) is 1.11. The molecule has 0 spiro atoms. The first-order chi connectivity index (χ1) is 6.76. The van der Waals surface area contributed by atoms with Gasteiger partial charge in [0, 0.05) is 30.0 Å².